The summed E-state index contributed by atoms with van der Waals surface area (Å²) in [4.78, 5) is 8.71. The lowest BCUT2D eigenvalue weighted by Crippen LogP contribution is -2.17. The molecule has 0 bridgehead atoms. The lowest BCUT2D eigenvalue weighted by atomic mass is 10.3. The molecule has 1 unspecified atom stereocenters. The van der Waals surface area contributed by atoms with Crippen molar-refractivity contribution in [3.63, 3.8) is 0 Å². The van der Waals surface area contributed by atoms with E-state index in [0.717, 1.165) is 30.3 Å². The minimum absolute atomic E-state index is 0.386. The SMILES string of the molecule is CCCc1nc(NC)cc(NCC(C)O)n1. The molecule has 0 saturated heterocycles. The molecule has 0 spiro atoms. The standard InChI is InChI=1S/C11H20N4O/c1-4-5-9-14-10(12-3)6-11(15-9)13-7-8(2)16/h6,8,16H,4-5,7H2,1-3H3,(H2,12,13,14,15). The summed E-state index contributed by atoms with van der Waals surface area (Å²) < 4.78 is 0. The molecule has 5 nitrogen and oxygen atoms in total. The molecule has 16 heavy (non-hydrogen) atoms. The molecule has 1 heterocycles. The summed E-state index contributed by atoms with van der Waals surface area (Å²) in [6.45, 7) is 4.32. The topological polar surface area (TPSA) is 70.1 Å². The number of anilines is 2. The number of aliphatic hydroxyl groups is 1. The fraction of sp³-hybridized carbons (Fsp3) is 0.636. The molecular formula is C11H20N4O. The van der Waals surface area contributed by atoms with Gasteiger partial charge >= 0.3 is 0 Å². The van der Waals surface area contributed by atoms with Gasteiger partial charge in [0.25, 0.3) is 0 Å². The molecule has 0 saturated carbocycles. The zero-order valence-corrected chi connectivity index (χ0v) is 10.1. The molecule has 0 aromatic carbocycles. The van der Waals surface area contributed by atoms with Crippen LogP contribution in [-0.2, 0) is 6.42 Å². The third kappa shape index (κ3) is 4.02. The first-order valence-corrected chi connectivity index (χ1v) is 5.63. The molecule has 1 atom stereocenters. The molecule has 0 aliphatic rings. The number of aromatic nitrogens is 2. The van der Waals surface area contributed by atoms with Crippen molar-refractivity contribution in [2.45, 2.75) is 32.8 Å². The molecule has 1 aromatic heterocycles. The van der Waals surface area contributed by atoms with Crippen molar-refractivity contribution in [3.8, 4) is 0 Å². The van der Waals surface area contributed by atoms with E-state index in [9.17, 15) is 5.11 Å². The van der Waals surface area contributed by atoms with Crippen LogP contribution >= 0.6 is 0 Å². The molecule has 0 amide bonds. The van der Waals surface area contributed by atoms with Crippen LogP contribution in [0.3, 0.4) is 0 Å². The van der Waals surface area contributed by atoms with E-state index in [1.54, 1.807) is 6.92 Å². The Labute approximate surface area is 96.3 Å². The van der Waals surface area contributed by atoms with Crippen LogP contribution in [0.25, 0.3) is 0 Å². The maximum absolute atomic E-state index is 9.19. The van der Waals surface area contributed by atoms with Gasteiger partial charge in [-0.2, -0.15) is 0 Å². The number of hydrogen-bond acceptors (Lipinski definition) is 5. The van der Waals surface area contributed by atoms with Crippen LogP contribution in [-0.4, -0.2) is 34.8 Å². The third-order valence-corrected chi connectivity index (χ3v) is 2.08. The van der Waals surface area contributed by atoms with Gasteiger partial charge < -0.3 is 15.7 Å². The van der Waals surface area contributed by atoms with E-state index in [2.05, 4.69) is 27.5 Å². The van der Waals surface area contributed by atoms with Crippen LogP contribution in [0.15, 0.2) is 6.07 Å². The van der Waals surface area contributed by atoms with Crippen molar-refractivity contribution in [3.05, 3.63) is 11.9 Å². The second-order valence-corrected chi connectivity index (χ2v) is 3.78. The summed E-state index contributed by atoms with van der Waals surface area (Å²) in [5.41, 5.74) is 0. The van der Waals surface area contributed by atoms with E-state index in [4.69, 9.17) is 0 Å². The fourth-order valence-electron chi connectivity index (χ4n) is 1.30. The maximum Gasteiger partial charge on any atom is 0.133 e. The zero-order valence-electron chi connectivity index (χ0n) is 10.1. The minimum atomic E-state index is -0.386. The highest BCUT2D eigenvalue weighted by Crippen LogP contribution is 2.11. The van der Waals surface area contributed by atoms with E-state index >= 15 is 0 Å². The van der Waals surface area contributed by atoms with E-state index < -0.39 is 0 Å². The van der Waals surface area contributed by atoms with Gasteiger partial charge in [0.05, 0.1) is 6.10 Å². The molecule has 1 rings (SSSR count). The van der Waals surface area contributed by atoms with Crippen LogP contribution < -0.4 is 10.6 Å². The molecule has 0 aliphatic heterocycles. The fourth-order valence-corrected chi connectivity index (χ4v) is 1.30. The highest BCUT2D eigenvalue weighted by atomic mass is 16.3. The van der Waals surface area contributed by atoms with Crippen molar-refractivity contribution in [1.29, 1.82) is 0 Å². The first-order valence-electron chi connectivity index (χ1n) is 5.63. The van der Waals surface area contributed by atoms with Crippen molar-refractivity contribution in [1.82, 2.24) is 9.97 Å². The molecule has 0 radical (unpaired) electrons. The first-order chi connectivity index (χ1) is 7.65. The molecule has 0 aliphatic carbocycles. The van der Waals surface area contributed by atoms with Crippen LogP contribution in [0, 0.1) is 0 Å². The normalized spacial score (nSPS) is 12.2. The Morgan fingerprint density at radius 3 is 2.62 bits per heavy atom. The first kappa shape index (κ1) is 12.7. The summed E-state index contributed by atoms with van der Waals surface area (Å²) in [5, 5.41) is 15.3. The highest BCUT2D eigenvalue weighted by Gasteiger charge is 2.03. The third-order valence-electron chi connectivity index (χ3n) is 2.08. The Bertz CT molecular complexity index is 328. The van der Waals surface area contributed by atoms with Gasteiger partial charge in [0.2, 0.25) is 0 Å². The molecular weight excluding hydrogens is 204 g/mol. The molecule has 5 heteroatoms. The quantitative estimate of drug-likeness (QED) is 0.678. The number of nitrogens with one attached hydrogen (secondary N) is 2. The zero-order chi connectivity index (χ0) is 12.0. The second kappa shape index (κ2) is 6.27. The van der Waals surface area contributed by atoms with Gasteiger partial charge in [0.15, 0.2) is 0 Å². The summed E-state index contributed by atoms with van der Waals surface area (Å²) in [5.74, 6) is 2.37. The average Bonchev–Trinajstić information content (AvgIpc) is 2.26. The number of hydrogen-bond donors (Lipinski definition) is 3. The average molecular weight is 224 g/mol. The van der Waals surface area contributed by atoms with Gasteiger partial charge in [-0.1, -0.05) is 6.92 Å². The van der Waals surface area contributed by atoms with Crippen molar-refractivity contribution in [2.24, 2.45) is 0 Å². The van der Waals surface area contributed by atoms with Gasteiger partial charge in [-0.3, -0.25) is 0 Å². The van der Waals surface area contributed by atoms with Gasteiger partial charge in [-0.15, -0.1) is 0 Å². The van der Waals surface area contributed by atoms with E-state index in [0.29, 0.717) is 6.54 Å². The molecule has 0 fully saturated rings. The molecule has 1 aromatic rings. The van der Waals surface area contributed by atoms with Gasteiger partial charge in [0.1, 0.15) is 17.5 Å². The summed E-state index contributed by atoms with van der Waals surface area (Å²) in [7, 11) is 1.83. The number of rotatable bonds is 6. The smallest absolute Gasteiger partial charge is 0.133 e. The predicted molar refractivity (Wildman–Crippen MR) is 65.7 cm³/mol. The highest BCUT2D eigenvalue weighted by molar-refractivity contribution is 5.47. The Balaban J connectivity index is 2.77. The Hall–Kier alpha value is -1.36. The monoisotopic (exact) mass is 224 g/mol. The Kier molecular flexibility index (Phi) is 4.98. The molecule has 90 valence electrons. The van der Waals surface area contributed by atoms with Crippen LogP contribution in [0.1, 0.15) is 26.1 Å². The number of aryl methyl sites for hydroxylation is 1. The second-order valence-electron chi connectivity index (χ2n) is 3.78. The van der Waals surface area contributed by atoms with Crippen LogP contribution in [0.5, 0.6) is 0 Å². The predicted octanol–water partition coefficient (Wildman–Crippen LogP) is 1.26. The van der Waals surface area contributed by atoms with Crippen molar-refractivity contribution >= 4 is 11.6 Å². The number of aliphatic hydroxyl groups excluding tert-OH is 1. The lowest BCUT2D eigenvalue weighted by molar-refractivity contribution is 0.208. The van der Waals surface area contributed by atoms with E-state index in [1.165, 1.54) is 0 Å². The summed E-state index contributed by atoms with van der Waals surface area (Å²) >= 11 is 0. The largest absolute Gasteiger partial charge is 0.392 e. The summed E-state index contributed by atoms with van der Waals surface area (Å²) in [6.07, 6.45) is 1.49. The van der Waals surface area contributed by atoms with Crippen LogP contribution in [0.2, 0.25) is 0 Å². The molecule has 3 N–H and O–H groups in total. The minimum Gasteiger partial charge on any atom is -0.392 e. The number of nitrogens with zero attached hydrogens (tertiary/aromatic N) is 2. The van der Waals surface area contributed by atoms with Gasteiger partial charge in [0, 0.05) is 26.1 Å². The lowest BCUT2D eigenvalue weighted by Gasteiger charge is -2.10. The van der Waals surface area contributed by atoms with Crippen molar-refractivity contribution < 1.29 is 5.11 Å². The van der Waals surface area contributed by atoms with Crippen LogP contribution in [0.4, 0.5) is 11.6 Å². The maximum atomic E-state index is 9.19. The van der Waals surface area contributed by atoms with E-state index in [1.807, 2.05) is 13.1 Å². The van der Waals surface area contributed by atoms with Gasteiger partial charge in [-0.25, -0.2) is 9.97 Å². The summed E-state index contributed by atoms with van der Waals surface area (Å²) in [6, 6.07) is 1.83. The van der Waals surface area contributed by atoms with Gasteiger partial charge in [-0.05, 0) is 13.3 Å². The van der Waals surface area contributed by atoms with E-state index in [-0.39, 0.29) is 6.10 Å². The Morgan fingerprint density at radius 1 is 1.38 bits per heavy atom. The van der Waals surface area contributed by atoms with Crippen molar-refractivity contribution in [2.75, 3.05) is 24.2 Å². The Morgan fingerprint density at radius 2 is 2.06 bits per heavy atom.